The highest BCUT2D eigenvalue weighted by atomic mass is 16.3. The summed E-state index contributed by atoms with van der Waals surface area (Å²) in [7, 11) is 0. The van der Waals surface area contributed by atoms with Crippen molar-refractivity contribution in [1.29, 1.82) is 0 Å². The normalized spacial score (nSPS) is 10.2. The predicted molar refractivity (Wildman–Crippen MR) is 83.3 cm³/mol. The molecule has 0 radical (unpaired) electrons. The van der Waals surface area contributed by atoms with E-state index in [0.29, 0.717) is 0 Å². The number of rotatable bonds is 3. The number of phenolic OH excluding ortho intramolecular Hbond substituents is 1. The van der Waals surface area contributed by atoms with Crippen LogP contribution in [0.5, 0.6) is 5.75 Å². The first-order valence-electron chi connectivity index (χ1n) is 6.53. The zero-order valence-corrected chi connectivity index (χ0v) is 11.0. The van der Waals surface area contributed by atoms with Gasteiger partial charge in [0.2, 0.25) is 0 Å². The molecule has 0 amide bonds. The highest BCUT2D eigenvalue weighted by molar-refractivity contribution is 5.68. The molecule has 0 saturated carbocycles. The fourth-order valence-corrected chi connectivity index (χ4v) is 2.13. The Morgan fingerprint density at radius 2 is 1.30 bits per heavy atom. The minimum atomic E-state index is 0.260. The number of benzene rings is 3. The van der Waals surface area contributed by atoms with Crippen LogP contribution >= 0.6 is 0 Å². The Morgan fingerprint density at radius 1 is 0.600 bits per heavy atom. The van der Waals surface area contributed by atoms with Crippen LogP contribution in [-0.4, -0.2) is 5.11 Å². The summed E-state index contributed by atoms with van der Waals surface area (Å²) in [6, 6.07) is 25.6. The third-order valence-electron chi connectivity index (χ3n) is 3.13. The lowest BCUT2D eigenvalue weighted by molar-refractivity contribution is 0.475. The second-order valence-corrected chi connectivity index (χ2v) is 4.62. The quantitative estimate of drug-likeness (QED) is 0.709. The van der Waals surface area contributed by atoms with E-state index in [0.717, 1.165) is 11.4 Å². The zero-order valence-electron chi connectivity index (χ0n) is 11.0. The Balaban J connectivity index is 1.80. The molecule has 2 nitrogen and oxygen atoms in total. The molecule has 3 rings (SSSR count). The molecular formula is C18H15NO. The zero-order chi connectivity index (χ0) is 13.8. The van der Waals surface area contributed by atoms with Gasteiger partial charge in [-0.3, -0.25) is 0 Å². The molecule has 2 N–H and O–H groups in total. The maximum absolute atomic E-state index is 9.44. The van der Waals surface area contributed by atoms with Gasteiger partial charge in [0.1, 0.15) is 5.75 Å². The summed E-state index contributed by atoms with van der Waals surface area (Å²) < 4.78 is 0. The average Bonchev–Trinajstić information content (AvgIpc) is 2.49. The van der Waals surface area contributed by atoms with E-state index < -0.39 is 0 Å². The summed E-state index contributed by atoms with van der Waals surface area (Å²) in [6.07, 6.45) is 0. The third-order valence-corrected chi connectivity index (χ3v) is 3.13. The van der Waals surface area contributed by atoms with Gasteiger partial charge in [0.15, 0.2) is 0 Å². The molecule has 2 heteroatoms. The maximum atomic E-state index is 9.44. The second kappa shape index (κ2) is 5.49. The van der Waals surface area contributed by atoms with Gasteiger partial charge in [0, 0.05) is 17.4 Å². The predicted octanol–water partition coefficient (Wildman–Crippen LogP) is 4.80. The van der Waals surface area contributed by atoms with Crippen LogP contribution in [0, 0.1) is 0 Å². The number of aromatic hydroxyl groups is 1. The Hall–Kier alpha value is -2.74. The van der Waals surface area contributed by atoms with Crippen LogP contribution in [-0.2, 0) is 0 Å². The van der Waals surface area contributed by atoms with E-state index in [9.17, 15) is 5.11 Å². The van der Waals surface area contributed by atoms with Gasteiger partial charge in [0.05, 0.1) is 0 Å². The largest absolute Gasteiger partial charge is 0.508 e. The Bertz CT molecular complexity index is 690. The van der Waals surface area contributed by atoms with Crippen LogP contribution in [0.2, 0.25) is 0 Å². The first kappa shape index (κ1) is 12.3. The molecule has 3 aromatic carbocycles. The van der Waals surface area contributed by atoms with E-state index in [1.807, 2.05) is 42.5 Å². The van der Waals surface area contributed by atoms with Gasteiger partial charge in [-0.1, -0.05) is 48.5 Å². The smallest absolute Gasteiger partial charge is 0.117 e. The lowest BCUT2D eigenvalue weighted by Crippen LogP contribution is -1.89. The van der Waals surface area contributed by atoms with Crippen LogP contribution in [0.3, 0.4) is 0 Å². The van der Waals surface area contributed by atoms with Crippen LogP contribution < -0.4 is 5.32 Å². The van der Waals surface area contributed by atoms with Crippen LogP contribution in [0.4, 0.5) is 11.4 Å². The van der Waals surface area contributed by atoms with Crippen molar-refractivity contribution in [2.75, 3.05) is 5.32 Å². The number of phenols is 1. The van der Waals surface area contributed by atoms with Crippen LogP contribution in [0.1, 0.15) is 0 Å². The topological polar surface area (TPSA) is 32.3 Å². The summed E-state index contributed by atoms with van der Waals surface area (Å²) >= 11 is 0. The second-order valence-electron chi connectivity index (χ2n) is 4.62. The van der Waals surface area contributed by atoms with Gasteiger partial charge in [-0.2, -0.15) is 0 Å². The van der Waals surface area contributed by atoms with Crippen LogP contribution in [0.25, 0.3) is 11.1 Å². The van der Waals surface area contributed by atoms with Crippen molar-refractivity contribution >= 4 is 11.4 Å². The summed E-state index contributed by atoms with van der Waals surface area (Å²) in [4.78, 5) is 0. The number of hydrogen-bond donors (Lipinski definition) is 2. The molecule has 0 bridgehead atoms. The molecule has 0 aromatic heterocycles. The van der Waals surface area contributed by atoms with E-state index in [1.165, 1.54) is 11.1 Å². The molecule has 20 heavy (non-hydrogen) atoms. The van der Waals surface area contributed by atoms with Gasteiger partial charge in [-0.05, 0) is 35.4 Å². The van der Waals surface area contributed by atoms with Crippen molar-refractivity contribution in [2.45, 2.75) is 0 Å². The van der Waals surface area contributed by atoms with Gasteiger partial charge >= 0.3 is 0 Å². The number of nitrogens with one attached hydrogen (secondary N) is 1. The lowest BCUT2D eigenvalue weighted by atomic mass is 10.1. The molecule has 0 atom stereocenters. The van der Waals surface area contributed by atoms with Crippen molar-refractivity contribution in [1.82, 2.24) is 0 Å². The third kappa shape index (κ3) is 2.81. The molecular weight excluding hydrogens is 246 g/mol. The van der Waals surface area contributed by atoms with E-state index in [-0.39, 0.29) is 5.75 Å². The van der Waals surface area contributed by atoms with Crippen molar-refractivity contribution < 1.29 is 5.11 Å². The Morgan fingerprint density at radius 3 is 2.00 bits per heavy atom. The Kier molecular flexibility index (Phi) is 3.38. The van der Waals surface area contributed by atoms with Crippen molar-refractivity contribution in [3.05, 3.63) is 78.9 Å². The molecule has 3 aromatic rings. The van der Waals surface area contributed by atoms with Crippen LogP contribution in [0.15, 0.2) is 78.9 Å². The van der Waals surface area contributed by atoms with E-state index >= 15 is 0 Å². The highest BCUT2D eigenvalue weighted by Crippen LogP contribution is 2.24. The summed E-state index contributed by atoms with van der Waals surface area (Å²) in [5.74, 6) is 0.260. The fraction of sp³-hybridized carbons (Fsp3) is 0. The first-order chi connectivity index (χ1) is 9.81. The molecule has 98 valence electrons. The van der Waals surface area contributed by atoms with Crippen molar-refractivity contribution in [3.8, 4) is 16.9 Å². The lowest BCUT2D eigenvalue weighted by Gasteiger charge is -2.08. The molecule has 0 aliphatic heterocycles. The molecule has 0 heterocycles. The Labute approximate surface area is 118 Å². The molecule has 0 unspecified atom stereocenters. The van der Waals surface area contributed by atoms with E-state index in [2.05, 4.69) is 29.6 Å². The fourth-order valence-electron chi connectivity index (χ4n) is 2.13. The highest BCUT2D eigenvalue weighted by Gasteiger charge is 1.98. The number of anilines is 2. The minimum absolute atomic E-state index is 0.260. The molecule has 0 spiro atoms. The van der Waals surface area contributed by atoms with E-state index in [1.54, 1.807) is 12.1 Å². The van der Waals surface area contributed by atoms with Crippen molar-refractivity contribution in [2.24, 2.45) is 0 Å². The molecule has 0 saturated heterocycles. The maximum Gasteiger partial charge on any atom is 0.117 e. The van der Waals surface area contributed by atoms with Gasteiger partial charge < -0.3 is 10.4 Å². The van der Waals surface area contributed by atoms with Gasteiger partial charge in [-0.15, -0.1) is 0 Å². The standard InChI is InChI=1S/C18H15NO/c20-18-8-4-7-17(13-18)19-16-11-9-15(10-12-16)14-5-2-1-3-6-14/h1-13,19-20H. The van der Waals surface area contributed by atoms with Gasteiger partial charge in [-0.25, -0.2) is 0 Å². The average molecular weight is 261 g/mol. The first-order valence-corrected chi connectivity index (χ1v) is 6.53. The molecule has 0 aliphatic rings. The summed E-state index contributed by atoms with van der Waals surface area (Å²) in [5, 5.41) is 12.7. The SMILES string of the molecule is Oc1cccc(Nc2ccc(-c3ccccc3)cc2)c1. The molecule has 0 fully saturated rings. The van der Waals surface area contributed by atoms with Crippen molar-refractivity contribution in [3.63, 3.8) is 0 Å². The summed E-state index contributed by atoms with van der Waals surface area (Å²) in [6.45, 7) is 0. The monoisotopic (exact) mass is 261 g/mol. The number of hydrogen-bond acceptors (Lipinski definition) is 2. The van der Waals surface area contributed by atoms with Gasteiger partial charge in [0.25, 0.3) is 0 Å². The molecule has 0 aliphatic carbocycles. The van der Waals surface area contributed by atoms with E-state index in [4.69, 9.17) is 0 Å². The summed E-state index contributed by atoms with van der Waals surface area (Å²) in [5.41, 5.74) is 4.26. The minimum Gasteiger partial charge on any atom is -0.508 e.